The van der Waals surface area contributed by atoms with Crippen LogP contribution in [0.15, 0.2) is 53.3 Å². The highest BCUT2D eigenvalue weighted by atomic mass is 35.5. The summed E-state index contributed by atoms with van der Waals surface area (Å²) in [4.78, 5) is 51.6. The van der Waals surface area contributed by atoms with E-state index in [2.05, 4.69) is 10.4 Å². The zero-order chi connectivity index (χ0) is 34.1. The Kier molecular flexibility index (Phi) is 9.94. The average molecular weight is 665 g/mol. The van der Waals surface area contributed by atoms with Crippen LogP contribution in [0.25, 0.3) is 11.4 Å². The van der Waals surface area contributed by atoms with E-state index in [9.17, 15) is 55.7 Å². The minimum Gasteiger partial charge on any atom is -0.480 e. The number of Topliss-reactive ketones (excluding diaryl/α,β-unsaturated/α-hetero) is 1. The number of rotatable bonds is 11. The lowest BCUT2D eigenvalue weighted by Crippen LogP contribution is -2.56. The van der Waals surface area contributed by atoms with Gasteiger partial charge in [0.05, 0.1) is 17.5 Å². The molecule has 0 aliphatic rings. The minimum absolute atomic E-state index is 0.0983. The molecule has 0 radical (unpaired) electrons. The van der Waals surface area contributed by atoms with E-state index in [1.54, 1.807) is 0 Å². The Hall–Kier alpha value is -4.18. The third-order valence-corrected chi connectivity index (χ3v) is 7.18. The number of carboxylic acid groups (broad SMARTS) is 1. The summed E-state index contributed by atoms with van der Waals surface area (Å²) in [5.41, 5.74) is -6.64. The van der Waals surface area contributed by atoms with E-state index in [0.29, 0.717) is 15.3 Å². The van der Waals surface area contributed by atoms with Gasteiger partial charge in [0.15, 0.2) is 17.7 Å². The number of aromatic nitrogens is 3. The molecule has 1 heterocycles. The van der Waals surface area contributed by atoms with E-state index in [-0.39, 0.29) is 22.0 Å². The average Bonchev–Trinajstić information content (AvgIpc) is 3.22. The Morgan fingerprint density at radius 3 is 2.09 bits per heavy atom. The van der Waals surface area contributed by atoms with Crippen LogP contribution in [0.4, 0.5) is 26.3 Å². The molecule has 2 aromatic carbocycles. The van der Waals surface area contributed by atoms with Gasteiger partial charge in [-0.05, 0) is 56.7 Å². The number of nitrogens with one attached hydrogen (secondary N) is 1. The summed E-state index contributed by atoms with van der Waals surface area (Å²) in [6.07, 6.45) is -13.8. The molecule has 0 aliphatic heterocycles. The number of aliphatic hydroxyl groups is 1. The summed E-state index contributed by atoms with van der Waals surface area (Å²) in [6.45, 7) is 1.10. The monoisotopic (exact) mass is 664 g/mol. The summed E-state index contributed by atoms with van der Waals surface area (Å²) in [6, 6.07) is 8.84. The predicted octanol–water partition coefficient (Wildman–Crippen LogP) is 4.20. The van der Waals surface area contributed by atoms with Crippen molar-refractivity contribution in [2.24, 2.45) is 0 Å². The summed E-state index contributed by atoms with van der Waals surface area (Å²) < 4.78 is 81.0. The zero-order valence-electron chi connectivity index (χ0n) is 23.8. The molecular weight excluding hydrogens is 638 g/mol. The number of halogens is 7. The quantitative estimate of drug-likeness (QED) is 0.261. The lowest BCUT2D eigenvalue weighted by atomic mass is 9.76. The van der Waals surface area contributed by atoms with E-state index in [0.717, 1.165) is 39.0 Å². The minimum atomic E-state index is -5.11. The number of carbonyl (C=O) groups excluding carboxylic acids is 2. The largest absolute Gasteiger partial charge is 0.480 e. The third-order valence-electron chi connectivity index (χ3n) is 6.92. The van der Waals surface area contributed by atoms with Crippen LogP contribution in [-0.4, -0.2) is 60.0 Å². The second kappa shape index (κ2) is 12.7. The van der Waals surface area contributed by atoms with Crippen LogP contribution in [0.3, 0.4) is 0 Å². The molecule has 3 N–H and O–H groups in total. The highest BCUT2D eigenvalue weighted by Crippen LogP contribution is 2.35. The van der Waals surface area contributed by atoms with Gasteiger partial charge in [-0.25, -0.2) is 14.3 Å². The van der Waals surface area contributed by atoms with E-state index in [1.807, 2.05) is 0 Å². The maximum Gasteiger partial charge on any atom is 0.416 e. The van der Waals surface area contributed by atoms with E-state index < -0.39 is 77.8 Å². The zero-order valence-corrected chi connectivity index (χ0v) is 24.6. The van der Waals surface area contributed by atoms with Crippen LogP contribution in [0.2, 0.25) is 5.02 Å². The number of benzene rings is 2. The Morgan fingerprint density at radius 2 is 1.56 bits per heavy atom. The molecule has 1 amide bonds. The van der Waals surface area contributed by atoms with Crippen molar-refractivity contribution >= 4 is 29.3 Å². The van der Waals surface area contributed by atoms with Crippen molar-refractivity contribution in [3.63, 3.8) is 0 Å². The number of hydrogen-bond acceptors (Lipinski definition) is 6. The summed E-state index contributed by atoms with van der Waals surface area (Å²) >= 11 is 5.86. The first kappa shape index (κ1) is 35.3. The van der Waals surface area contributed by atoms with Crippen molar-refractivity contribution in [1.29, 1.82) is 0 Å². The molecule has 0 saturated carbocycles. The number of carbonyl (C=O) groups is 3. The van der Waals surface area contributed by atoms with Crippen LogP contribution in [0.1, 0.15) is 38.3 Å². The smallest absolute Gasteiger partial charge is 0.416 e. The molecule has 17 heteroatoms. The number of carboxylic acids is 1. The maximum atomic E-state index is 13.5. The SMILES string of the molecule is CC(C)(NC(=O)[C@](C)(CC(=O)Cn1nc(-c2ccc(Cl)cc2)n(C[C@H](O)C(F)(F)F)c1=O)c1cccc(C(F)(F)F)c1)C(=O)O. The fourth-order valence-corrected chi connectivity index (χ4v) is 4.37. The summed E-state index contributed by atoms with van der Waals surface area (Å²) in [5.74, 6) is -3.95. The van der Waals surface area contributed by atoms with Gasteiger partial charge in [0.2, 0.25) is 5.91 Å². The fourth-order valence-electron chi connectivity index (χ4n) is 4.24. The summed E-state index contributed by atoms with van der Waals surface area (Å²) in [5, 5.41) is 25.5. The number of nitrogens with zero attached hydrogens (tertiary/aromatic N) is 3. The van der Waals surface area contributed by atoms with Crippen LogP contribution >= 0.6 is 11.6 Å². The van der Waals surface area contributed by atoms with Crippen molar-refractivity contribution in [3.05, 3.63) is 75.2 Å². The van der Waals surface area contributed by atoms with Crippen molar-refractivity contribution in [3.8, 4) is 11.4 Å². The highest BCUT2D eigenvalue weighted by Gasteiger charge is 2.43. The van der Waals surface area contributed by atoms with Crippen molar-refractivity contribution in [1.82, 2.24) is 19.7 Å². The second-order valence-corrected chi connectivity index (χ2v) is 11.4. The standard InChI is InChI=1S/C28H27ClF6N4O6/c1-25(2,23(43)44)36-22(42)26(3,16-5-4-6-17(11-16)27(30,31)32)12-19(40)13-39-24(45)38(14-20(41)28(33,34)35)21(37-39)15-7-9-18(29)10-8-15/h4-11,20,41H,12-14H2,1-3H3,(H,36,42)(H,43,44)/t20-,26+/m0/s1. The van der Waals surface area contributed by atoms with Crippen molar-refractivity contribution < 1.29 is 50.9 Å². The van der Waals surface area contributed by atoms with Gasteiger partial charge >= 0.3 is 24.0 Å². The first-order valence-electron chi connectivity index (χ1n) is 13.0. The molecule has 0 bridgehead atoms. The molecular formula is C28H27ClF6N4O6. The van der Waals surface area contributed by atoms with Crippen LogP contribution in [-0.2, 0) is 39.1 Å². The molecule has 10 nitrogen and oxygen atoms in total. The van der Waals surface area contributed by atoms with Crippen LogP contribution in [0, 0.1) is 0 Å². The normalized spacial score (nSPS) is 14.5. The molecule has 0 spiro atoms. The molecule has 3 aromatic rings. The fraction of sp³-hybridized carbons (Fsp3) is 0.393. The topological polar surface area (TPSA) is 144 Å². The molecule has 3 rings (SSSR count). The van der Waals surface area contributed by atoms with Crippen LogP contribution < -0.4 is 11.0 Å². The van der Waals surface area contributed by atoms with Gasteiger partial charge in [0.25, 0.3) is 0 Å². The molecule has 2 atom stereocenters. The predicted molar refractivity (Wildman–Crippen MR) is 147 cm³/mol. The van der Waals surface area contributed by atoms with E-state index >= 15 is 0 Å². The van der Waals surface area contributed by atoms with Gasteiger partial charge in [0, 0.05) is 17.0 Å². The number of ketones is 1. The molecule has 0 aliphatic carbocycles. The molecule has 0 unspecified atom stereocenters. The molecule has 0 saturated heterocycles. The van der Waals surface area contributed by atoms with Gasteiger partial charge < -0.3 is 15.5 Å². The third kappa shape index (κ3) is 8.11. The maximum absolute atomic E-state index is 13.5. The lowest BCUT2D eigenvalue weighted by molar-refractivity contribution is -0.207. The Labute approximate surface area is 256 Å². The first-order chi connectivity index (χ1) is 20.6. The van der Waals surface area contributed by atoms with Gasteiger partial charge in [-0.2, -0.15) is 26.3 Å². The van der Waals surface area contributed by atoms with Gasteiger partial charge in [-0.3, -0.25) is 14.2 Å². The van der Waals surface area contributed by atoms with Gasteiger partial charge in [-0.1, -0.05) is 29.8 Å². The van der Waals surface area contributed by atoms with E-state index in [1.165, 1.54) is 24.3 Å². The van der Waals surface area contributed by atoms with Crippen molar-refractivity contribution in [2.75, 3.05) is 0 Å². The molecule has 0 fully saturated rings. The van der Waals surface area contributed by atoms with Gasteiger partial charge in [-0.15, -0.1) is 5.10 Å². The number of alkyl halides is 6. The Morgan fingerprint density at radius 1 is 0.978 bits per heavy atom. The Bertz CT molecular complexity index is 1650. The Balaban J connectivity index is 2.06. The first-order valence-corrected chi connectivity index (χ1v) is 13.4. The second-order valence-electron chi connectivity index (χ2n) is 10.9. The van der Waals surface area contributed by atoms with Gasteiger partial charge in [0.1, 0.15) is 12.1 Å². The van der Waals surface area contributed by atoms with E-state index in [4.69, 9.17) is 11.6 Å². The number of amides is 1. The van der Waals surface area contributed by atoms with Crippen LogP contribution in [0.5, 0.6) is 0 Å². The lowest BCUT2D eigenvalue weighted by Gasteiger charge is -2.32. The number of hydrogen-bond donors (Lipinski definition) is 3. The number of aliphatic carboxylic acids is 1. The molecule has 1 aromatic heterocycles. The number of aliphatic hydroxyl groups excluding tert-OH is 1. The summed E-state index contributed by atoms with van der Waals surface area (Å²) in [7, 11) is 0. The molecule has 45 heavy (non-hydrogen) atoms. The highest BCUT2D eigenvalue weighted by molar-refractivity contribution is 6.30. The molecule has 244 valence electrons. The van der Waals surface area contributed by atoms with Crippen molar-refractivity contribution in [2.45, 2.75) is 69.7 Å².